The second-order valence-corrected chi connectivity index (χ2v) is 4.37. The molecule has 2 aromatic heterocycles. The van der Waals surface area contributed by atoms with Crippen LogP contribution in [0.2, 0.25) is 0 Å². The molecule has 0 fully saturated rings. The van der Waals surface area contributed by atoms with E-state index in [-0.39, 0.29) is 11.0 Å². The average Bonchev–Trinajstić information content (AvgIpc) is 2.73. The first kappa shape index (κ1) is 13.5. The molecule has 0 amide bonds. The summed E-state index contributed by atoms with van der Waals surface area (Å²) in [6.07, 6.45) is -3.15. The van der Waals surface area contributed by atoms with Crippen molar-refractivity contribution in [2.75, 3.05) is 5.43 Å². The number of rotatable bonds is 3. The normalized spacial score (nSPS) is 11.6. The van der Waals surface area contributed by atoms with Gasteiger partial charge in [-0.05, 0) is 11.8 Å². The first-order valence-corrected chi connectivity index (χ1v) is 5.66. The number of hydrazine groups is 1. The molecule has 3 N–H and O–H groups in total. The summed E-state index contributed by atoms with van der Waals surface area (Å²) in [5.41, 5.74) is 0.912. The Labute approximate surface area is 109 Å². The second-order valence-electron chi connectivity index (χ2n) is 3.38. The minimum atomic E-state index is -4.58. The molecule has 0 aliphatic heterocycles. The number of nitrogens with zero attached hydrogens (tertiary/aromatic N) is 5. The second kappa shape index (κ2) is 5.01. The summed E-state index contributed by atoms with van der Waals surface area (Å²) >= 11 is 0.923. The average molecular weight is 291 g/mol. The van der Waals surface area contributed by atoms with Gasteiger partial charge in [-0.2, -0.15) is 13.2 Å². The first-order chi connectivity index (χ1) is 8.90. The van der Waals surface area contributed by atoms with Crippen LogP contribution in [-0.2, 0) is 13.2 Å². The van der Waals surface area contributed by atoms with Crippen LogP contribution in [0.25, 0.3) is 0 Å². The van der Waals surface area contributed by atoms with Crippen LogP contribution in [-0.4, -0.2) is 24.7 Å². The molecule has 0 aliphatic rings. The summed E-state index contributed by atoms with van der Waals surface area (Å²) in [5, 5.41) is 7.82. The van der Waals surface area contributed by atoms with Crippen molar-refractivity contribution in [3.63, 3.8) is 0 Å². The Bertz CT molecular complexity index is 582. The minimum absolute atomic E-state index is 0.0615. The lowest BCUT2D eigenvalue weighted by molar-refractivity contribution is -0.141. The molecule has 2 aromatic rings. The van der Waals surface area contributed by atoms with E-state index in [1.165, 1.54) is 6.33 Å². The number of nitrogen functional groups attached to an aromatic ring is 1. The highest BCUT2D eigenvalue weighted by atomic mass is 32.2. The van der Waals surface area contributed by atoms with Crippen LogP contribution < -0.4 is 11.3 Å². The Morgan fingerprint density at radius 3 is 2.63 bits per heavy atom. The van der Waals surface area contributed by atoms with Gasteiger partial charge in [0.05, 0.1) is 0 Å². The first-order valence-electron chi connectivity index (χ1n) is 4.85. The monoisotopic (exact) mass is 291 g/mol. The molecular formula is C8H8F3N7S. The Hall–Kier alpha value is -1.88. The molecule has 2 rings (SSSR count). The largest absolute Gasteiger partial charge is 0.433 e. The molecule has 0 radical (unpaired) electrons. The fourth-order valence-corrected chi connectivity index (χ4v) is 1.91. The van der Waals surface area contributed by atoms with E-state index < -0.39 is 11.9 Å². The van der Waals surface area contributed by atoms with Crippen LogP contribution in [0.4, 0.5) is 19.1 Å². The van der Waals surface area contributed by atoms with Gasteiger partial charge in [0.15, 0.2) is 10.9 Å². The van der Waals surface area contributed by atoms with Crippen molar-refractivity contribution in [2.24, 2.45) is 12.9 Å². The predicted octanol–water partition coefficient (Wildman–Crippen LogP) is 1.06. The molecule has 0 saturated carbocycles. The van der Waals surface area contributed by atoms with E-state index in [4.69, 9.17) is 5.84 Å². The Morgan fingerprint density at radius 1 is 1.37 bits per heavy atom. The topological polar surface area (TPSA) is 94.5 Å². The highest BCUT2D eigenvalue weighted by molar-refractivity contribution is 7.99. The lowest BCUT2D eigenvalue weighted by atomic mass is 10.4. The van der Waals surface area contributed by atoms with Gasteiger partial charge in [0, 0.05) is 13.1 Å². The van der Waals surface area contributed by atoms with Crippen LogP contribution in [0.1, 0.15) is 5.69 Å². The van der Waals surface area contributed by atoms with Gasteiger partial charge in [-0.25, -0.2) is 15.8 Å². The maximum absolute atomic E-state index is 12.6. The summed E-state index contributed by atoms with van der Waals surface area (Å²) in [5.74, 6) is 4.73. The third-order valence-corrected chi connectivity index (χ3v) is 2.96. The highest BCUT2D eigenvalue weighted by Crippen LogP contribution is 2.32. The van der Waals surface area contributed by atoms with Crippen LogP contribution in [0.15, 0.2) is 22.6 Å². The third-order valence-electron chi connectivity index (χ3n) is 1.99. The van der Waals surface area contributed by atoms with E-state index in [9.17, 15) is 13.2 Å². The lowest BCUT2D eigenvalue weighted by Gasteiger charge is -2.09. The van der Waals surface area contributed by atoms with E-state index >= 15 is 0 Å². The molecule has 2 heterocycles. The molecule has 102 valence electrons. The van der Waals surface area contributed by atoms with E-state index in [1.807, 2.05) is 5.43 Å². The highest BCUT2D eigenvalue weighted by Gasteiger charge is 2.33. The summed E-state index contributed by atoms with van der Waals surface area (Å²) < 4.78 is 39.5. The van der Waals surface area contributed by atoms with Gasteiger partial charge in [-0.3, -0.25) is 5.43 Å². The number of aryl methyl sites for hydroxylation is 1. The van der Waals surface area contributed by atoms with Gasteiger partial charge in [0.1, 0.15) is 11.4 Å². The number of hydrogen-bond donors (Lipinski definition) is 2. The van der Waals surface area contributed by atoms with Gasteiger partial charge >= 0.3 is 6.18 Å². The fourth-order valence-electron chi connectivity index (χ4n) is 1.15. The van der Waals surface area contributed by atoms with E-state index in [2.05, 4.69) is 20.2 Å². The zero-order valence-corrected chi connectivity index (χ0v) is 10.3. The zero-order chi connectivity index (χ0) is 14.0. The molecule has 0 atom stereocenters. The van der Waals surface area contributed by atoms with Gasteiger partial charge in [0.25, 0.3) is 0 Å². The maximum Gasteiger partial charge on any atom is 0.433 e. The van der Waals surface area contributed by atoms with Crippen LogP contribution in [0.5, 0.6) is 0 Å². The smallest absolute Gasteiger partial charge is 0.311 e. The SMILES string of the molecule is Cn1cnnc1Sc1cc(C(F)(F)F)nc(NN)n1. The summed E-state index contributed by atoms with van der Waals surface area (Å²) in [4.78, 5) is 7.06. The minimum Gasteiger partial charge on any atom is -0.311 e. The molecule has 0 bridgehead atoms. The fraction of sp³-hybridized carbons (Fsp3) is 0.250. The van der Waals surface area contributed by atoms with Crippen molar-refractivity contribution >= 4 is 17.7 Å². The number of hydrogen-bond acceptors (Lipinski definition) is 7. The van der Waals surface area contributed by atoms with Crippen LogP contribution in [0, 0.1) is 0 Å². The maximum atomic E-state index is 12.6. The quantitative estimate of drug-likeness (QED) is 0.496. The third kappa shape index (κ3) is 3.12. The summed E-state index contributed by atoms with van der Waals surface area (Å²) in [6.45, 7) is 0. The van der Waals surface area contributed by atoms with Crippen molar-refractivity contribution in [1.82, 2.24) is 24.7 Å². The van der Waals surface area contributed by atoms with Crippen molar-refractivity contribution in [3.05, 3.63) is 18.1 Å². The number of halogens is 3. The number of anilines is 1. The van der Waals surface area contributed by atoms with Gasteiger partial charge < -0.3 is 4.57 Å². The van der Waals surface area contributed by atoms with E-state index in [0.29, 0.717) is 5.16 Å². The lowest BCUT2D eigenvalue weighted by Crippen LogP contribution is -2.15. The van der Waals surface area contributed by atoms with Crippen LogP contribution >= 0.6 is 11.8 Å². The molecule has 0 saturated heterocycles. The predicted molar refractivity (Wildman–Crippen MR) is 60.0 cm³/mol. The molecule has 19 heavy (non-hydrogen) atoms. The van der Waals surface area contributed by atoms with Crippen LogP contribution in [0.3, 0.4) is 0 Å². The van der Waals surface area contributed by atoms with E-state index in [0.717, 1.165) is 17.8 Å². The zero-order valence-electron chi connectivity index (χ0n) is 9.51. The molecule has 7 nitrogen and oxygen atoms in total. The van der Waals surface area contributed by atoms with E-state index in [1.54, 1.807) is 11.6 Å². The van der Waals surface area contributed by atoms with Gasteiger partial charge in [-0.15, -0.1) is 10.2 Å². The Balaban J connectivity index is 2.37. The number of nitrogens with two attached hydrogens (primary N) is 1. The standard InChI is InChI=1S/C8H8F3N7S/c1-18-3-13-17-7(18)19-5-2-4(8(9,10)11)14-6(15-5)16-12/h2-3H,12H2,1H3,(H,14,15,16). The molecular weight excluding hydrogens is 283 g/mol. The van der Waals surface area contributed by atoms with Gasteiger partial charge in [-0.1, -0.05) is 0 Å². The molecule has 0 unspecified atom stereocenters. The van der Waals surface area contributed by atoms with Crippen molar-refractivity contribution < 1.29 is 13.2 Å². The van der Waals surface area contributed by atoms with Crippen molar-refractivity contribution in [2.45, 2.75) is 16.4 Å². The number of nitrogens with one attached hydrogen (secondary N) is 1. The van der Waals surface area contributed by atoms with Crippen molar-refractivity contribution in [1.29, 1.82) is 0 Å². The Morgan fingerprint density at radius 2 is 2.11 bits per heavy atom. The molecule has 0 aromatic carbocycles. The number of aromatic nitrogens is 5. The summed E-state index contributed by atoms with van der Waals surface area (Å²) in [7, 11) is 1.66. The molecule has 0 spiro atoms. The molecule has 0 aliphatic carbocycles. The van der Waals surface area contributed by atoms with Gasteiger partial charge in [0.2, 0.25) is 5.95 Å². The number of alkyl halides is 3. The Kier molecular flexibility index (Phi) is 3.57. The molecule has 11 heteroatoms. The summed E-state index contributed by atoms with van der Waals surface area (Å²) in [6, 6.07) is 0.820. The van der Waals surface area contributed by atoms with Crippen molar-refractivity contribution in [3.8, 4) is 0 Å².